The first-order valence-corrected chi connectivity index (χ1v) is 6.47. The third kappa shape index (κ3) is 3.33. The molecule has 2 N–H and O–H groups in total. The first-order chi connectivity index (χ1) is 8.70. The van der Waals surface area contributed by atoms with E-state index in [0.29, 0.717) is 11.5 Å². The number of hydrogen-bond donors (Lipinski definition) is 2. The fourth-order valence-electron chi connectivity index (χ4n) is 2.30. The highest BCUT2D eigenvalue weighted by Crippen LogP contribution is 2.14. The van der Waals surface area contributed by atoms with E-state index in [1.54, 1.807) is 12.1 Å². The van der Waals surface area contributed by atoms with Crippen LogP contribution in [-0.4, -0.2) is 47.9 Å². The Kier molecular flexibility index (Phi) is 4.77. The van der Waals surface area contributed by atoms with E-state index in [9.17, 15) is 0 Å². The molecule has 2 rings (SSSR count). The van der Waals surface area contributed by atoms with Gasteiger partial charge in [0, 0.05) is 19.1 Å². The number of benzene rings is 1. The molecule has 0 aliphatic carbocycles. The van der Waals surface area contributed by atoms with Gasteiger partial charge in [0.05, 0.1) is 13.2 Å². The van der Waals surface area contributed by atoms with Crippen LogP contribution < -0.4 is 5.46 Å². The lowest BCUT2D eigenvalue weighted by atomic mass is 9.80. The Morgan fingerprint density at radius 3 is 2.67 bits per heavy atom. The predicted octanol–water partition coefficient (Wildman–Crippen LogP) is -0.0228. The summed E-state index contributed by atoms with van der Waals surface area (Å²) in [5, 5.41) is 18.1. The molecule has 4 nitrogen and oxygen atoms in total. The molecule has 1 aliphatic heterocycles. The summed E-state index contributed by atoms with van der Waals surface area (Å²) < 4.78 is 5.48. The Bertz CT molecular complexity index is 369. The maximum absolute atomic E-state index is 9.04. The van der Waals surface area contributed by atoms with Gasteiger partial charge in [-0.2, -0.15) is 0 Å². The Morgan fingerprint density at radius 1 is 1.33 bits per heavy atom. The molecule has 1 aromatic rings. The van der Waals surface area contributed by atoms with Gasteiger partial charge in [-0.05, 0) is 17.4 Å². The van der Waals surface area contributed by atoms with Crippen LogP contribution in [-0.2, 0) is 11.3 Å². The second-order valence-corrected chi connectivity index (χ2v) is 4.72. The number of hydrogen-bond acceptors (Lipinski definition) is 4. The quantitative estimate of drug-likeness (QED) is 0.736. The van der Waals surface area contributed by atoms with Crippen LogP contribution in [0.4, 0.5) is 0 Å². The van der Waals surface area contributed by atoms with Crippen LogP contribution in [0, 0.1) is 0 Å². The molecule has 98 valence electrons. The van der Waals surface area contributed by atoms with Crippen molar-refractivity contribution in [2.24, 2.45) is 0 Å². The lowest BCUT2D eigenvalue weighted by Crippen LogP contribution is -2.44. The van der Waals surface area contributed by atoms with E-state index in [-0.39, 0.29) is 0 Å². The summed E-state index contributed by atoms with van der Waals surface area (Å²) in [6, 6.07) is 7.93. The molecule has 1 aliphatic rings. The van der Waals surface area contributed by atoms with Gasteiger partial charge in [-0.3, -0.25) is 4.90 Å². The van der Waals surface area contributed by atoms with Gasteiger partial charge in [0.2, 0.25) is 0 Å². The molecule has 0 bridgehead atoms. The van der Waals surface area contributed by atoms with E-state index in [0.717, 1.165) is 32.7 Å². The highest BCUT2D eigenvalue weighted by atomic mass is 16.5. The molecule has 0 aromatic heterocycles. The summed E-state index contributed by atoms with van der Waals surface area (Å²) >= 11 is 0. The smallest absolute Gasteiger partial charge is 0.423 e. The minimum Gasteiger partial charge on any atom is -0.423 e. The van der Waals surface area contributed by atoms with Crippen LogP contribution in [0.25, 0.3) is 0 Å². The zero-order chi connectivity index (χ0) is 13.0. The molecule has 5 heteroatoms. The number of ether oxygens (including phenoxy) is 1. The van der Waals surface area contributed by atoms with Crippen LogP contribution in [0.1, 0.15) is 18.9 Å². The second kappa shape index (κ2) is 6.34. The maximum atomic E-state index is 9.04. The van der Waals surface area contributed by atoms with E-state index >= 15 is 0 Å². The molecule has 18 heavy (non-hydrogen) atoms. The normalized spacial score (nSPS) is 20.9. The average molecular weight is 249 g/mol. The number of nitrogens with zero attached hydrogens (tertiary/aromatic N) is 1. The van der Waals surface area contributed by atoms with Crippen molar-refractivity contribution in [2.45, 2.75) is 25.9 Å². The van der Waals surface area contributed by atoms with Crippen molar-refractivity contribution in [1.82, 2.24) is 4.90 Å². The van der Waals surface area contributed by atoms with Crippen LogP contribution in [0.2, 0.25) is 0 Å². The first kappa shape index (κ1) is 13.6. The lowest BCUT2D eigenvalue weighted by molar-refractivity contribution is -0.0127. The molecule has 0 radical (unpaired) electrons. The summed E-state index contributed by atoms with van der Waals surface area (Å²) in [5.41, 5.74) is 1.73. The Morgan fingerprint density at radius 2 is 2.06 bits per heavy atom. The van der Waals surface area contributed by atoms with E-state index < -0.39 is 7.12 Å². The summed E-state index contributed by atoms with van der Waals surface area (Å²) in [7, 11) is -1.38. The summed E-state index contributed by atoms with van der Waals surface area (Å²) in [4.78, 5) is 2.42. The summed E-state index contributed by atoms with van der Waals surface area (Å²) in [6.07, 6.45) is 1.09. The minimum absolute atomic E-state index is 0.488. The van der Waals surface area contributed by atoms with Crippen molar-refractivity contribution >= 4 is 12.6 Å². The minimum atomic E-state index is -1.38. The Hall–Kier alpha value is -0.875. The molecule has 1 aromatic carbocycles. The molecule has 1 fully saturated rings. The van der Waals surface area contributed by atoms with Crippen molar-refractivity contribution in [3.63, 3.8) is 0 Å². The zero-order valence-corrected chi connectivity index (χ0v) is 10.7. The third-order valence-electron chi connectivity index (χ3n) is 3.48. The van der Waals surface area contributed by atoms with Gasteiger partial charge in [0.1, 0.15) is 0 Å². The third-order valence-corrected chi connectivity index (χ3v) is 3.48. The molecule has 1 atom stereocenters. The van der Waals surface area contributed by atoms with E-state index in [1.807, 2.05) is 12.1 Å². The number of morpholine rings is 1. The van der Waals surface area contributed by atoms with Crippen molar-refractivity contribution in [3.05, 3.63) is 29.8 Å². The molecule has 0 spiro atoms. The number of rotatable bonds is 4. The second-order valence-electron chi connectivity index (χ2n) is 4.72. The highest BCUT2D eigenvalue weighted by molar-refractivity contribution is 6.58. The molecule has 0 amide bonds. The topological polar surface area (TPSA) is 52.9 Å². The van der Waals surface area contributed by atoms with Gasteiger partial charge in [-0.15, -0.1) is 0 Å². The standard InChI is InChI=1S/C13H20BNO3/c1-2-13-10-18-8-7-15(13)9-11-3-5-12(6-4-11)14(16)17/h3-6,13,16-17H,2,7-10H2,1H3. The van der Waals surface area contributed by atoms with Gasteiger partial charge in [-0.1, -0.05) is 31.2 Å². The largest absolute Gasteiger partial charge is 0.488 e. The Balaban J connectivity index is 1.99. The van der Waals surface area contributed by atoms with E-state index in [1.165, 1.54) is 5.56 Å². The van der Waals surface area contributed by atoms with Crippen LogP contribution in [0.15, 0.2) is 24.3 Å². The van der Waals surface area contributed by atoms with Crippen LogP contribution >= 0.6 is 0 Å². The average Bonchev–Trinajstić information content (AvgIpc) is 2.40. The van der Waals surface area contributed by atoms with Crippen molar-refractivity contribution in [2.75, 3.05) is 19.8 Å². The SMILES string of the molecule is CCC1COCCN1Cc1ccc(B(O)O)cc1. The highest BCUT2D eigenvalue weighted by Gasteiger charge is 2.21. The lowest BCUT2D eigenvalue weighted by Gasteiger charge is -2.35. The molecule has 1 heterocycles. The zero-order valence-electron chi connectivity index (χ0n) is 10.7. The molecule has 1 unspecified atom stereocenters. The summed E-state index contributed by atoms with van der Waals surface area (Å²) in [6.45, 7) is 5.64. The Labute approximate surface area is 108 Å². The van der Waals surface area contributed by atoms with Crippen LogP contribution in [0.5, 0.6) is 0 Å². The molecular formula is C13H20BNO3. The molecular weight excluding hydrogens is 229 g/mol. The van der Waals surface area contributed by atoms with E-state index in [4.69, 9.17) is 14.8 Å². The maximum Gasteiger partial charge on any atom is 0.488 e. The first-order valence-electron chi connectivity index (χ1n) is 6.47. The monoisotopic (exact) mass is 249 g/mol. The fraction of sp³-hybridized carbons (Fsp3) is 0.538. The van der Waals surface area contributed by atoms with Crippen LogP contribution in [0.3, 0.4) is 0 Å². The van der Waals surface area contributed by atoms with Gasteiger partial charge in [0.25, 0.3) is 0 Å². The molecule has 0 saturated carbocycles. The van der Waals surface area contributed by atoms with Crippen molar-refractivity contribution in [3.8, 4) is 0 Å². The van der Waals surface area contributed by atoms with Gasteiger partial charge < -0.3 is 14.8 Å². The van der Waals surface area contributed by atoms with Gasteiger partial charge in [-0.25, -0.2) is 0 Å². The molecule has 1 saturated heterocycles. The summed E-state index contributed by atoms with van der Waals surface area (Å²) in [5.74, 6) is 0. The van der Waals surface area contributed by atoms with Crippen molar-refractivity contribution < 1.29 is 14.8 Å². The van der Waals surface area contributed by atoms with Gasteiger partial charge >= 0.3 is 7.12 Å². The van der Waals surface area contributed by atoms with E-state index in [2.05, 4.69) is 11.8 Å². The predicted molar refractivity (Wildman–Crippen MR) is 71.6 cm³/mol. The van der Waals surface area contributed by atoms with Gasteiger partial charge in [0.15, 0.2) is 0 Å². The fourth-order valence-corrected chi connectivity index (χ4v) is 2.30. The van der Waals surface area contributed by atoms with Crippen molar-refractivity contribution in [1.29, 1.82) is 0 Å².